The molecule has 2 aromatic rings. The molecule has 1 aliphatic heterocycles. The number of nitrogens with two attached hydrogens (primary N) is 4. The maximum absolute atomic E-state index is 14.0. The highest BCUT2D eigenvalue weighted by Crippen LogP contribution is 2.19. The number of carbonyl (C=O) groups excluding carboxylic acids is 12. The van der Waals surface area contributed by atoms with Gasteiger partial charge in [0, 0.05) is 32.9 Å². The van der Waals surface area contributed by atoms with Crippen molar-refractivity contribution in [3.05, 3.63) is 59.7 Å². The van der Waals surface area contributed by atoms with E-state index in [0.29, 0.717) is 36.9 Å². The van der Waals surface area contributed by atoms with Crippen molar-refractivity contribution in [2.24, 2.45) is 33.8 Å². The molecule has 1 fully saturated rings. The number of likely N-dealkylation sites (tertiary alicyclic amines) is 1. The lowest BCUT2D eigenvalue weighted by molar-refractivity contribution is -0.142. The third-order valence-electron chi connectivity index (χ3n) is 13.3. The minimum atomic E-state index is -1.58. The summed E-state index contributed by atoms with van der Waals surface area (Å²) >= 11 is 0. The van der Waals surface area contributed by atoms with Crippen LogP contribution >= 0.6 is 0 Å². The van der Waals surface area contributed by atoms with Crippen molar-refractivity contribution in [3.8, 4) is 11.5 Å². The van der Waals surface area contributed by atoms with Crippen LogP contribution in [0, 0.1) is 5.92 Å². The number of rotatable bonds is 36. The van der Waals surface area contributed by atoms with Gasteiger partial charge in [0.05, 0.1) is 26.2 Å². The number of hydrogen-bond acceptors (Lipinski definition) is 17. The van der Waals surface area contributed by atoms with E-state index in [0.717, 1.165) is 4.90 Å². The van der Waals surface area contributed by atoms with Crippen LogP contribution in [0.25, 0.3) is 0 Å². The van der Waals surface area contributed by atoms with E-state index in [9.17, 15) is 72.9 Å². The van der Waals surface area contributed by atoms with Gasteiger partial charge in [0.1, 0.15) is 59.8 Å². The summed E-state index contributed by atoms with van der Waals surface area (Å²) in [4.78, 5) is 163. The number of aliphatic imine (C=N–C) groups is 1. The first-order chi connectivity index (χ1) is 40.7. The van der Waals surface area contributed by atoms with Gasteiger partial charge in [-0.15, -0.1) is 0 Å². The van der Waals surface area contributed by atoms with Crippen molar-refractivity contribution >= 4 is 76.8 Å². The molecule has 2 aromatic carbocycles. The first-order valence-corrected chi connectivity index (χ1v) is 28.1. The third-order valence-corrected chi connectivity index (χ3v) is 13.3. The second-order valence-electron chi connectivity index (χ2n) is 21.0. The number of benzene rings is 2. The number of primary amides is 1. The lowest BCUT2D eigenvalue weighted by Gasteiger charge is -2.28. The summed E-state index contributed by atoms with van der Waals surface area (Å²) in [6.07, 6.45) is 1.74. The zero-order chi connectivity index (χ0) is 64.0. The maximum atomic E-state index is 14.0. The van der Waals surface area contributed by atoms with Crippen molar-refractivity contribution in [3.63, 3.8) is 0 Å². The minimum absolute atomic E-state index is 0.00577. The molecule has 0 aliphatic carbocycles. The van der Waals surface area contributed by atoms with Crippen LogP contribution in [0.15, 0.2) is 53.5 Å². The summed E-state index contributed by atoms with van der Waals surface area (Å²) < 4.78 is 0. The highest BCUT2D eigenvalue weighted by molar-refractivity contribution is 5.98. The van der Waals surface area contributed by atoms with Gasteiger partial charge in [-0.25, -0.2) is 0 Å². The van der Waals surface area contributed by atoms with Gasteiger partial charge in [0.25, 0.3) is 0 Å². The van der Waals surface area contributed by atoms with Crippen molar-refractivity contribution in [2.75, 3.05) is 45.9 Å². The highest BCUT2D eigenvalue weighted by atomic mass is 16.3. The molecule has 0 unspecified atom stereocenters. The van der Waals surface area contributed by atoms with Gasteiger partial charge in [-0.3, -0.25) is 62.5 Å². The SMILES string of the molecule is CC(=O)N[C@@H](CC(C)C)C(=O)N[C@@H](Cc1ccc(O)cc1)C(=O)N[C@@H](CCCN=C(N)N)C(=O)N[C@@H](C)C(=O)NCC(=O)NCC(=O)N[C@@H](CO)C(=O)N1CCC[C@H]1C(=O)NCC(=O)N[C@@H](CCCCN)C(=O)N[C@@H](Cc1ccc(O)cc1)C(N)=O. The number of amides is 12. The number of nitrogens with one attached hydrogen (secondary N) is 10. The van der Waals surface area contributed by atoms with E-state index in [-0.39, 0.29) is 81.4 Å². The summed E-state index contributed by atoms with van der Waals surface area (Å²) in [6, 6.07) is 1.71. The van der Waals surface area contributed by atoms with Crippen LogP contribution in [0.3, 0.4) is 0 Å². The Morgan fingerprint density at radius 2 is 1.08 bits per heavy atom. The number of aliphatic hydroxyl groups excluding tert-OH is 1. The normalized spacial score (nSPS) is 15.1. The summed E-state index contributed by atoms with van der Waals surface area (Å²) in [5.74, 6) is -9.78. The molecule has 12 amide bonds. The molecule has 1 saturated heterocycles. The minimum Gasteiger partial charge on any atom is -0.508 e. The fourth-order valence-electron chi connectivity index (χ4n) is 8.87. The average Bonchev–Trinajstić information content (AvgIpc) is 3.33. The third kappa shape index (κ3) is 25.8. The van der Waals surface area contributed by atoms with E-state index in [1.165, 1.54) is 50.2 Å². The molecule has 8 atom stereocenters. The first kappa shape index (κ1) is 71.1. The molecule has 31 nitrogen and oxygen atoms in total. The number of aromatic hydroxyl groups is 2. The van der Waals surface area contributed by atoms with Crippen molar-refractivity contribution < 1.29 is 72.9 Å². The molecule has 0 radical (unpaired) electrons. The lowest BCUT2D eigenvalue weighted by Crippen LogP contribution is -2.58. The molecule has 31 heteroatoms. The van der Waals surface area contributed by atoms with Crippen LogP contribution < -0.4 is 76.1 Å². The Bertz CT molecular complexity index is 2690. The predicted octanol–water partition coefficient (Wildman–Crippen LogP) is -5.64. The van der Waals surface area contributed by atoms with Crippen molar-refractivity contribution in [1.29, 1.82) is 0 Å². The van der Waals surface area contributed by atoms with Crippen LogP contribution in [0.5, 0.6) is 11.5 Å². The largest absolute Gasteiger partial charge is 0.508 e. The van der Waals surface area contributed by atoms with Crippen LogP contribution in [0.4, 0.5) is 0 Å². The zero-order valence-electron chi connectivity index (χ0n) is 48.8. The van der Waals surface area contributed by atoms with E-state index in [1.807, 2.05) is 13.8 Å². The lowest BCUT2D eigenvalue weighted by atomic mass is 10.0. The second kappa shape index (κ2) is 36.5. The number of phenolic OH excluding ortho intramolecular Hbond substituents is 2. The monoisotopic (exact) mass is 1210 g/mol. The van der Waals surface area contributed by atoms with Crippen molar-refractivity contribution in [2.45, 2.75) is 140 Å². The summed E-state index contributed by atoms with van der Waals surface area (Å²) in [5.41, 5.74) is 23.2. The molecule has 1 aliphatic rings. The molecule has 0 saturated carbocycles. The predicted molar refractivity (Wildman–Crippen MR) is 311 cm³/mol. The molecule has 86 heavy (non-hydrogen) atoms. The van der Waals surface area contributed by atoms with E-state index < -0.39 is 145 Å². The maximum Gasteiger partial charge on any atom is 0.248 e. The van der Waals surface area contributed by atoms with Crippen LogP contribution in [0.2, 0.25) is 0 Å². The number of carbonyl (C=O) groups is 12. The van der Waals surface area contributed by atoms with Gasteiger partial charge in [-0.1, -0.05) is 38.1 Å². The number of aliphatic hydroxyl groups is 1. The Labute approximate surface area is 497 Å². The summed E-state index contributed by atoms with van der Waals surface area (Å²) in [7, 11) is 0. The fourth-order valence-corrected chi connectivity index (χ4v) is 8.87. The van der Waals surface area contributed by atoms with E-state index in [1.54, 1.807) is 12.1 Å². The topological polar surface area (TPSA) is 506 Å². The van der Waals surface area contributed by atoms with Gasteiger partial charge < -0.3 is 96.3 Å². The standard InChI is InChI=1S/C55H84N16O15/c1-30(2)23-40(65-32(4)73)51(83)70-41(25-34-14-18-36(75)19-15-34)52(84)68-38(10-7-21-60-55(58)59)49(81)64-31(3)48(80)62-26-44(76)61-27-45(77)67-42(29-72)54(86)71-22-8-11-43(71)53(85)63-28-46(78)66-37(9-5-6-20-56)50(82)69-39(47(57)79)24-33-12-16-35(74)17-13-33/h12-19,30-31,37-43,72,74-75H,5-11,20-29,56H2,1-4H3,(H2,57,79)(H,61,76)(H,62,80)(H,63,85)(H,64,81)(H,65,73)(H,66,78)(H,67,77)(H,68,84)(H,69,82)(H,70,83)(H4,58,59,60)/t31-,37-,38-,39-,40-,41-,42-,43-/m0/s1. The van der Waals surface area contributed by atoms with Gasteiger partial charge in [0.15, 0.2) is 5.96 Å². The first-order valence-electron chi connectivity index (χ1n) is 28.1. The van der Waals surface area contributed by atoms with Gasteiger partial charge in [-0.2, -0.15) is 0 Å². The van der Waals surface area contributed by atoms with E-state index >= 15 is 0 Å². The number of phenols is 2. The Morgan fingerprint density at radius 1 is 0.581 bits per heavy atom. The van der Waals surface area contributed by atoms with Crippen LogP contribution in [-0.2, 0) is 70.4 Å². The molecule has 1 heterocycles. The Balaban J connectivity index is 1.57. The van der Waals surface area contributed by atoms with Gasteiger partial charge in [0.2, 0.25) is 70.9 Å². The van der Waals surface area contributed by atoms with E-state index in [4.69, 9.17) is 22.9 Å². The molecular weight excluding hydrogens is 1120 g/mol. The Kier molecular flexibility index (Phi) is 30.2. The van der Waals surface area contributed by atoms with Crippen molar-refractivity contribution in [1.82, 2.24) is 58.1 Å². The number of nitrogens with zero attached hydrogens (tertiary/aromatic N) is 2. The molecular formula is C55H84N16O15. The molecule has 21 N–H and O–H groups in total. The molecule has 0 aromatic heterocycles. The summed E-state index contributed by atoms with van der Waals surface area (Å²) in [5, 5.41) is 54.3. The fraction of sp³-hybridized carbons (Fsp3) is 0.545. The Hall–Kier alpha value is -9.13. The zero-order valence-corrected chi connectivity index (χ0v) is 48.8. The quantitative estimate of drug-likeness (QED) is 0.0172. The summed E-state index contributed by atoms with van der Waals surface area (Å²) in [6.45, 7) is 3.62. The van der Waals surface area contributed by atoms with Crippen LogP contribution in [-0.4, -0.2) is 191 Å². The highest BCUT2D eigenvalue weighted by Gasteiger charge is 2.38. The number of guanidine groups is 1. The smallest absolute Gasteiger partial charge is 0.248 e. The average molecular weight is 1210 g/mol. The van der Waals surface area contributed by atoms with Crippen LogP contribution in [0.1, 0.15) is 90.2 Å². The molecule has 474 valence electrons. The van der Waals surface area contributed by atoms with Gasteiger partial charge in [-0.05, 0) is 106 Å². The molecule has 0 spiro atoms. The van der Waals surface area contributed by atoms with E-state index in [2.05, 4.69) is 58.2 Å². The molecule has 0 bridgehead atoms. The number of hydrogen-bond donors (Lipinski definition) is 17. The second-order valence-corrected chi connectivity index (χ2v) is 21.0. The number of unbranched alkanes of at least 4 members (excludes halogenated alkanes) is 1. The Morgan fingerprint density at radius 3 is 1.64 bits per heavy atom. The molecule has 3 rings (SSSR count). The van der Waals surface area contributed by atoms with Gasteiger partial charge >= 0.3 is 0 Å².